The van der Waals surface area contributed by atoms with Crippen LogP contribution in [0.1, 0.15) is 13.8 Å². The van der Waals surface area contributed by atoms with Gasteiger partial charge in [-0.3, -0.25) is 9.69 Å². The molecule has 0 fully saturated rings. The molecule has 0 bridgehead atoms. The van der Waals surface area contributed by atoms with Crippen LogP contribution in [0.5, 0.6) is 5.75 Å². The van der Waals surface area contributed by atoms with Gasteiger partial charge in [0.1, 0.15) is 5.75 Å². The monoisotopic (exact) mass is 304 g/mol. The molecular weight excluding hydrogens is 280 g/mol. The van der Waals surface area contributed by atoms with E-state index in [4.69, 9.17) is 5.11 Å². The van der Waals surface area contributed by atoms with Gasteiger partial charge in [0.2, 0.25) is 5.91 Å². The molecule has 0 spiro atoms. The van der Waals surface area contributed by atoms with Crippen molar-refractivity contribution in [3.63, 3.8) is 0 Å². The Kier molecular flexibility index (Phi) is 7.36. The first-order chi connectivity index (χ1) is 10.6. The van der Waals surface area contributed by atoms with Crippen molar-refractivity contribution in [3.05, 3.63) is 36.4 Å². The quantitative estimate of drug-likeness (QED) is 0.793. The molecule has 0 aliphatic rings. The highest BCUT2D eigenvalue weighted by molar-refractivity contribution is 6.03. The van der Waals surface area contributed by atoms with E-state index in [1.165, 1.54) is 0 Å². The number of phenolic OH excluding ortho intramolecular Hbond substituents is 1. The molecule has 0 heterocycles. The van der Waals surface area contributed by atoms with Crippen LogP contribution in [0.25, 0.3) is 10.8 Å². The Labute approximate surface area is 131 Å². The standard InChI is InChI=1S/C15H18N2O3.C2H6/c1-17(7-8-18)10-15(20)16-14-4-2-3-11-5-6-12(19)9-13(11)14;1-2/h2-6,9,18-19H,7-8,10H2,1H3,(H,16,20);1-2H3. The Hall–Kier alpha value is -2.11. The van der Waals surface area contributed by atoms with Crippen LogP contribution < -0.4 is 5.32 Å². The molecule has 2 aromatic rings. The Morgan fingerprint density at radius 1 is 1.23 bits per heavy atom. The number of likely N-dealkylation sites (N-methyl/N-ethyl adjacent to an activating group) is 1. The van der Waals surface area contributed by atoms with Gasteiger partial charge in [0, 0.05) is 17.6 Å². The molecule has 0 aromatic heterocycles. The second kappa shape index (κ2) is 9.02. The van der Waals surface area contributed by atoms with Gasteiger partial charge in [-0.2, -0.15) is 0 Å². The number of phenols is 1. The molecule has 0 aliphatic carbocycles. The molecule has 22 heavy (non-hydrogen) atoms. The van der Waals surface area contributed by atoms with E-state index in [1.54, 1.807) is 36.2 Å². The largest absolute Gasteiger partial charge is 0.508 e. The number of rotatable bonds is 5. The van der Waals surface area contributed by atoms with Crippen LogP contribution in [0.4, 0.5) is 5.69 Å². The number of anilines is 1. The SMILES string of the molecule is CC.CN(CCO)CC(=O)Nc1cccc2ccc(O)cc12. The molecule has 0 aliphatic heterocycles. The lowest BCUT2D eigenvalue weighted by Crippen LogP contribution is -2.32. The summed E-state index contributed by atoms with van der Waals surface area (Å²) < 4.78 is 0. The third kappa shape index (κ3) is 5.02. The molecule has 3 N–H and O–H groups in total. The van der Waals surface area contributed by atoms with Crippen LogP contribution in [-0.2, 0) is 4.79 Å². The number of fused-ring (bicyclic) bond motifs is 1. The molecule has 2 aromatic carbocycles. The number of carbonyl (C=O) groups excluding carboxylic acids is 1. The topological polar surface area (TPSA) is 72.8 Å². The number of carbonyl (C=O) groups is 1. The third-order valence-corrected chi connectivity index (χ3v) is 3.04. The summed E-state index contributed by atoms with van der Waals surface area (Å²) >= 11 is 0. The number of aliphatic hydroxyl groups is 1. The number of hydrogen-bond acceptors (Lipinski definition) is 4. The molecule has 2 rings (SSSR count). The van der Waals surface area contributed by atoms with Gasteiger partial charge in [0.25, 0.3) is 0 Å². The summed E-state index contributed by atoms with van der Waals surface area (Å²) in [6, 6.07) is 10.6. The zero-order chi connectivity index (χ0) is 16.5. The number of benzene rings is 2. The second-order valence-corrected chi connectivity index (χ2v) is 4.72. The lowest BCUT2D eigenvalue weighted by atomic mass is 10.1. The predicted molar refractivity (Wildman–Crippen MR) is 90.2 cm³/mol. The third-order valence-electron chi connectivity index (χ3n) is 3.04. The fourth-order valence-electron chi connectivity index (χ4n) is 2.05. The number of hydrogen-bond donors (Lipinski definition) is 3. The molecule has 0 unspecified atom stereocenters. The zero-order valence-electron chi connectivity index (χ0n) is 13.3. The van der Waals surface area contributed by atoms with Crippen molar-refractivity contribution in [2.45, 2.75) is 13.8 Å². The van der Waals surface area contributed by atoms with Gasteiger partial charge in [0.15, 0.2) is 0 Å². The van der Waals surface area contributed by atoms with Gasteiger partial charge in [0.05, 0.1) is 13.2 Å². The molecule has 0 saturated heterocycles. The summed E-state index contributed by atoms with van der Waals surface area (Å²) in [6.07, 6.45) is 0. The average Bonchev–Trinajstić information content (AvgIpc) is 2.50. The van der Waals surface area contributed by atoms with E-state index >= 15 is 0 Å². The van der Waals surface area contributed by atoms with Crippen molar-refractivity contribution in [3.8, 4) is 5.75 Å². The summed E-state index contributed by atoms with van der Waals surface area (Å²) in [5.74, 6) is 0.00777. The predicted octanol–water partition coefficient (Wildman–Crippen LogP) is 2.43. The lowest BCUT2D eigenvalue weighted by Gasteiger charge is -2.15. The molecular formula is C17H24N2O3. The van der Waals surface area contributed by atoms with Crippen molar-refractivity contribution in [1.29, 1.82) is 0 Å². The van der Waals surface area contributed by atoms with Crippen LogP contribution in [0.3, 0.4) is 0 Å². The lowest BCUT2D eigenvalue weighted by molar-refractivity contribution is -0.117. The minimum absolute atomic E-state index is 0.0198. The fraction of sp³-hybridized carbons (Fsp3) is 0.353. The van der Waals surface area contributed by atoms with Crippen molar-refractivity contribution >= 4 is 22.4 Å². The van der Waals surface area contributed by atoms with Crippen molar-refractivity contribution in [2.24, 2.45) is 0 Å². The highest BCUT2D eigenvalue weighted by atomic mass is 16.3. The van der Waals surface area contributed by atoms with Crippen LogP contribution in [0, 0.1) is 0 Å². The molecule has 5 heteroatoms. The highest BCUT2D eigenvalue weighted by Gasteiger charge is 2.08. The zero-order valence-corrected chi connectivity index (χ0v) is 13.3. The van der Waals surface area contributed by atoms with E-state index < -0.39 is 0 Å². The summed E-state index contributed by atoms with van der Waals surface area (Å²) in [4.78, 5) is 13.7. The fourth-order valence-corrected chi connectivity index (χ4v) is 2.05. The maximum Gasteiger partial charge on any atom is 0.238 e. The molecule has 0 saturated carbocycles. The number of aromatic hydroxyl groups is 1. The van der Waals surface area contributed by atoms with Crippen LogP contribution in [0.2, 0.25) is 0 Å². The van der Waals surface area contributed by atoms with Gasteiger partial charge < -0.3 is 15.5 Å². The Bertz CT molecular complexity index is 614. The number of nitrogens with one attached hydrogen (secondary N) is 1. The maximum atomic E-state index is 11.9. The molecule has 0 radical (unpaired) electrons. The number of nitrogens with zero attached hydrogens (tertiary/aromatic N) is 1. The normalized spacial score (nSPS) is 10.2. The van der Waals surface area contributed by atoms with Crippen LogP contribution in [0.15, 0.2) is 36.4 Å². The molecule has 1 amide bonds. The van der Waals surface area contributed by atoms with E-state index in [9.17, 15) is 9.90 Å². The Morgan fingerprint density at radius 2 is 1.95 bits per heavy atom. The van der Waals surface area contributed by atoms with E-state index in [-0.39, 0.29) is 24.8 Å². The number of amides is 1. The van der Waals surface area contributed by atoms with Gasteiger partial charge in [-0.25, -0.2) is 0 Å². The van der Waals surface area contributed by atoms with E-state index in [0.717, 1.165) is 10.8 Å². The first kappa shape index (κ1) is 17.9. The minimum atomic E-state index is -0.156. The average molecular weight is 304 g/mol. The summed E-state index contributed by atoms with van der Waals surface area (Å²) in [7, 11) is 1.77. The van der Waals surface area contributed by atoms with Gasteiger partial charge >= 0.3 is 0 Å². The van der Waals surface area contributed by atoms with Crippen LogP contribution >= 0.6 is 0 Å². The smallest absolute Gasteiger partial charge is 0.238 e. The first-order valence-corrected chi connectivity index (χ1v) is 7.41. The Morgan fingerprint density at radius 3 is 2.64 bits per heavy atom. The second-order valence-electron chi connectivity index (χ2n) is 4.72. The van der Waals surface area contributed by atoms with E-state index in [0.29, 0.717) is 12.2 Å². The van der Waals surface area contributed by atoms with Gasteiger partial charge in [-0.05, 0) is 30.6 Å². The molecule has 120 valence electrons. The van der Waals surface area contributed by atoms with Gasteiger partial charge in [-0.1, -0.05) is 32.0 Å². The number of aliphatic hydroxyl groups excluding tert-OH is 1. The summed E-state index contributed by atoms with van der Waals surface area (Å²) in [5.41, 5.74) is 0.667. The minimum Gasteiger partial charge on any atom is -0.508 e. The van der Waals surface area contributed by atoms with Crippen molar-refractivity contribution < 1.29 is 15.0 Å². The van der Waals surface area contributed by atoms with Gasteiger partial charge in [-0.15, -0.1) is 0 Å². The molecule has 0 atom stereocenters. The van der Waals surface area contributed by atoms with E-state index in [1.807, 2.05) is 26.0 Å². The van der Waals surface area contributed by atoms with Crippen molar-refractivity contribution in [2.75, 3.05) is 32.1 Å². The van der Waals surface area contributed by atoms with Crippen molar-refractivity contribution in [1.82, 2.24) is 4.90 Å². The van der Waals surface area contributed by atoms with Crippen LogP contribution in [-0.4, -0.2) is 47.8 Å². The summed E-state index contributed by atoms with van der Waals surface area (Å²) in [6.45, 7) is 4.67. The highest BCUT2D eigenvalue weighted by Crippen LogP contribution is 2.26. The maximum absolute atomic E-state index is 11.9. The summed E-state index contributed by atoms with van der Waals surface area (Å²) in [5, 5.41) is 22.9. The first-order valence-electron chi connectivity index (χ1n) is 7.41. The molecule has 5 nitrogen and oxygen atoms in total. The van der Waals surface area contributed by atoms with E-state index in [2.05, 4.69) is 5.32 Å². The Balaban J connectivity index is 0.00000116.